The number of sulfonamides is 1. The minimum absolute atomic E-state index is 0.102. The van der Waals surface area contributed by atoms with Crippen molar-refractivity contribution in [3.05, 3.63) is 53.1 Å². The SMILES string of the molecule is Cc1c(CNc2nc(Nc3cccc4c3NC(=O)C4)ncc2C(F)(F)F)ncnc1N(C)S(C)(=O)=O. The second-order valence-electron chi connectivity index (χ2n) is 8.00. The van der Waals surface area contributed by atoms with Crippen molar-refractivity contribution in [1.82, 2.24) is 19.9 Å². The molecule has 2 aromatic heterocycles. The van der Waals surface area contributed by atoms with E-state index in [1.807, 2.05) is 0 Å². The fraction of sp³-hybridized carbons (Fsp3) is 0.286. The highest BCUT2D eigenvalue weighted by atomic mass is 32.2. The molecule has 3 N–H and O–H groups in total. The van der Waals surface area contributed by atoms with Crippen LogP contribution in [0, 0.1) is 6.92 Å². The summed E-state index contributed by atoms with van der Waals surface area (Å²) in [5.41, 5.74) is 1.24. The summed E-state index contributed by atoms with van der Waals surface area (Å²) in [5, 5.41) is 8.18. The number of halogens is 3. The maximum Gasteiger partial charge on any atom is 0.421 e. The van der Waals surface area contributed by atoms with Gasteiger partial charge in [0.05, 0.1) is 36.3 Å². The minimum Gasteiger partial charge on any atom is -0.364 e. The van der Waals surface area contributed by atoms with Gasteiger partial charge >= 0.3 is 6.18 Å². The molecule has 15 heteroatoms. The van der Waals surface area contributed by atoms with Crippen LogP contribution in [0.5, 0.6) is 0 Å². The number of carbonyl (C=O) groups excluding carboxylic acids is 1. The molecule has 11 nitrogen and oxygen atoms in total. The largest absolute Gasteiger partial charge is 0.421 e. The topological polar surface area (TPSA) is 142 Å². The lowest BCUT2D eigenvalue weighted by Gasteiger charge is -2.19. The molecular formula is C21H21F3N8O3S. The van der Waals surface area contributed by atoms with Gasteiger partial charge in [0.15, 0.2) is 0 Å². The van der Waals surface area contributed by atoms with E-state index < -0.39 is 27.6 Å². The number of benzene rings is 1. The Morgan fingerprint density at radius 3 is 2.64 bits per heavy atom. The van der Waals surface area contributed by atoms with Crippen LogP contribution in [0.25, 0.3) is 0 Å². The quantitative estimate of drug-likeness (QED) is 0.427. The van der Waals surface area contributed by atoms with Crippen molar-refractivity contribution in [2.75, 3.05) is 33.6 Å². The highest BCUT2D eigenvalue weighted by Crippen LogP contribution is 2.36. The van der Waals surface area contributed by atoms with Gasteiger partial charge in [-0.3, -0.25) is 9.10 Å². The Hall–Kier alpha value is -4.01. The summed E-state index contributed by atoms with van der Waals surface area (Å²) in [6.07, 6.45) is -1.77. The number of alkyl halides is 3. The summed E-state index contributed by atoms with van der Waals surface area (Å²) in [6.45, 7) is 1.37. The molecule has 0 saturated carbocycles. The molecule has 1 aromatic carbocycles. The number of aromatic nitrogens is 4. The molecule has 0 bridgehead atoms. The van der Waals surface area contributed by atoms with E-state index in [2.05, 4.69) is 35.9 Å². The lowest BCUT2D eigenvalue weighted by Crippen LogP contribution is -2.27. The first-order valence-corrected chi connectivity index (χ1v) is 12.3. The number of nitrogens with zero attached hydrogens (tertiary/aromatic N) is 5. The number of para-hydroxylation sites is 1. The van der Waals surface area contributed by atoms with Crippen molar-refractivity contribution >= 4 is 44.9 Å². The van der Waals surface area contributed by atoms with Crippen molar-refractivity contribution in [1.29, 1.82) is 0 Å². The third kappa shape index (κ3) is 5.15. The van der Waals surface area contributed by atoms with E-state index in [1.54, 1.807) is 25.1 Å². The number of hydrogen-bond acceptors (Lipinski definition) is 9. The highest BCUT2D eigenvalue weighted by molar-refractivity contribution is 7.92. The Bertz CT molecular complexity index is 1450. The van der Waals surface area contributed by atoms with Gasteiger partial charge in [-0.05, 0) is 18.6 Å². The molecule has 1 aliphatic heterocycles. The number of hydrogen-bond donors (Lipinski definition) is 3. The fourth-order valence-corrected chi connectivity index (χ4v) is 4.05. The number of anilines is 5. The van der Waals surface area contributed by atoms with Gasteiger partial charge in [-0.1, -0.05) is 12.1 Å². The zero-order valence-corrected chi connectivity index (χ0v) is 20.1. The van der Waals surface area contributed by atoms with Crippen LogP contribution in [0.4, 0.5) is 42.1 Å². The van der Waals surface area contributed by atoms with Gasteiger partial charge in [-0.2, -0.15) is 18.2 Å². The molecule has 190 valence electrons. The monoisotopic (exact) mass is 522 g/mol. The van der Waals surface area contributed by atoms with E-state index in [4.69, 9.17) is 0 Å². The minimum atomic E-state index is -4.74. The summed E-state index contributed by atoms with van der Waals surface area (Å²) < 4.78 is 65.7. The zero-order chi connectivity index (χ0) is 26.3. The van der Waals surface area contributed by atoms with Crippen LogP contribution < -0.4 is 20.3 Å². The number of nitrogens with one attached hydrogen (secondary N) is 3. The van der Waals surface area contributed by atoms with E-state index in [0.29, 0.717) is 23.1 Å². The summed E-state index contributed by atoms with van der Waals surface area (Å²) in [6, 6.07) is 5.11. The molecule has 3 aromatic rings. The lowest BCUT2D eigenvalue weighted by molar-refractivity contribution is -0.137. The van der Waals surface area contributed by atoms with Gasteiger partial charge in [0.25, 0.3) is 0 Å². The standard InChI is InChI=1S/C21H21F3N8O3S/c1-11-15(27-10-28-19(11)32(2)36(3,34)35)9-25-18-13(21(22,23)24)8-26-20(31-18)29-14-6-4-5-12-7-16(33)30-17(12)14/h4-6,8,10H,7,9H2,1-3H3,(H,30,33)(H2,25,26,29,31). The van der Waals surface area contributed by atoms with Gasteiger partial charge in [0.1, 0.15) is 23.5 Å². The average molecular weight is 523 g/mol. The molecule has 1 aliphatic rings. The number of carbonyl (C=O) groups is 1. The van der Waals surface area contributed by atoms with Crippen LogP contribution in [0.2, 0.25) is 0 Å². The normalized spacial score (nSPS) is 13.2. The summed E-state index contributed by atoms with van der Waals surface area (Å²) >= 11 is 0. The Kier molecular flexibility index (Phi) is 6.43. The van der Waals surface area contributed by atoms with E-state index >= 15 is 0 Å². The smallest absolute Gasteiger partial charge is 0.364 e. The van der Waals surface area contributed by atoms with E-state index in [9.17, 15) is 26.4 Å². The third-order valence-electron chi connectivity index (χ3n) is 5.49. The maximum absolute atomic E-state index is 13.6. The Morgan fingerprint density at radius 1 is 1.19 bits per heavy atom. The van der Waals surface area contributed by atoms with Crippen LogP contribution in [-0.2, 0) is 34.0 Å². The van der Waals surface area contributed by atoms with Crippen LogP contribution in [0.1, 0.15) is 22.4 Å². The summed E-state index contributed by atoms with van der Waals surface area (Å²) in [7, 11) is -2.30. The first-order chi connectivity index (χ1) is 16.8. The van der Waals surface area contributed by atoms with Crippen molar-refractivity contribution < 1.29 is 26.4 Å². The average Bonchev–Trinajstić information content (AvgIpc) is 3.18. The van der Waals surface area contributed by atoms with Crippen molar-refractivity contribution in [2.45, 2.75) is 26.1 Å². The molecule has 0 aliphatic carbocycles. The molecular weight excluding hydrogens is 501 g/mol. The molecule has 0 atom stereocenters. The van der Waals surface area contributed by atoms with Gasteiger partial charge in [0.2, 0.25) is 21.9 Å². The highest BCUT2D eigenvalue weighted by Gasteiger charge is 2.35. The molecule has 0 saturated heterocycles. The molecule has 4 rings (SSSR count). The van der Waals surface area contributed by atoms with Gasteiger partial charge in [-0.25, -0.2) is 23.4 Å². The van der Waals surface area contributed by atoms with Crippen LogP contribution >= 0.6 is 0 Å². The van der Waals surface area contributed by atoms with E-state index in [-0.39, 0.29) is 36.3 Å². The summed E-state index contributed by atoms with van der Waals surface area (Å²) in [4.78, 5) is 27.6. The number of fused-ring (bicyclic) bond motifs is 1. The van der Waals surface area contributed by atoms with Crippen LogP contribution in [0.15, 0.2) is 30.7 Å². The van der Waals surface area contributed by atoms with Crippen molar-refractivity contribution in [3.63, 3.8) is 0 Å². The molecule has 1 amide bonds. The number of rotatable bonds is 7. The van der Waals surface area contributed by atoms with E-state index in [0.717, 1.165) is 22.5 Å². The Morgan fingerprint density at radius 2 is 1.94 bits per heavy atom. The predicted molar refractivity (Wildman–Crippen MR) is 126 cm³/mol. The third-order valence-corrected chi connectivity index (χ3v) is 6.66. The Balaban J connectivity index is 1.63. The van der Waals surface area contributed by atoms with Gasteiger partial charge < -0.3 is 16.0 Å². The van der Waals surface area contributed by atoms with Crippen molar-refractivity contribution in [2.24, 2.45) is 0 Å². The van der Waals surface area contributed by atoms with Crippen LogP contribution in [0.3, 0.4) is 0 Å². The first kappa shape index (κ1) is 25.1. The van der Waals surface area contributed by atoms with Crippen LogP contribution in [-0.4, -0.2) is 47.6 Å². The lowest BCUT2D eigenvalue weighted by atomic mass is 10.1. The zero-order valence-electron chi connectivity index (χ0n) is 19.3. The number of amides is 1. The second kappa shape index (κ2) is 9.22. The molecule has 3 heterocycles. The Labute approximate surface area is 204 Å². The molecule has 0 radical (unpaired) electrons. The second-order valence-corrected chi connectivity index (χ2v) is 10.0. The van der Waals surface area contributed by atoms with Gasteiger partial charge in [-0.15, -0.1) is 0 Å². The molecule has 36 heavy (non-hydrogen) atoms. The van der Waals surface area contributed by atoms with E-state index in [1.165, 1.54) is 7.05 Å². The molecule has 0 unspecified atom stereocenters. The first-order valence-electron chi connectivity index (χ1n) is 10.5. The summed E-state index contributed by atoms with van der Waals surface area (Å²) in [5.74, 6) is -0.731. The maximum atomic E-state index is 13.6. The molecule has 0 fully saturated rings. The van der Waals surface area contributed by atoms with Crippen molar-refractivity contribution in [3.8, 4) is 0 Å². The van der Waals surface area contributed by atoms with Gasteiger partial charge in [0, 0.05) is 18.8 Å². The fourth-order valence-electron chi connectivity index (χ4n) is 3.56. The molecule has 0 spiro atoms. The predicted octanol–water partition coefficient (Wildman–Crippen LogP) is 2.84.